The summed E-state index contributed by atoms with van der Waals surface area (Å²) >= 11 is 5.69. The van der Waals surface area contributed by atoms with Gasteiger partial charge in [-0.2, -0.15) is 0 Å². The lowest BCUT2D eigenvalue weighted by molar-refractivity contribution is 0.184. The van der Waals surface area contributed by atoms with Crippen molar-refractivity contribution in [2.24, 2.45) is 0 Å². The van der Waals surface area contributed by atoms with Crippen molar-refractivity contribution in [3.63, 3.8) is 0 Å². The van der Waals surface area contributed by atoms with E-state index in [4.69, 9.17) is 11.6 Å². The molecular formula is C20H23Cl2FN2O2S. The third-order valence-electron chi connectivity index (χ3n) is 5.53. The molecule has 152 valence electrons. The first-order valence-electron chi connectivity index (χ1n) is 9.25. The first kappa shape index (κ1) is 21.5. The molecule has 28 heavy (non-hydrogen) atoms. The van der Waals surface area contributed by atoms with Crippen LogP contribution in [0.4, 0.5) is 4.39 Å². The third kappa shape index (κ3) is 4.21. The molecule has 0 aromatic heterocycles. The van der Waals surface area contributed by atoms with Crippen LogP contribution in [0.1, 0.15) is 35.6 Å². The van der Waals surface area contributed by atoms with Gasteiger partial charge in [0.25, 0.3) is 0 Å². The Bertz CT molecular complexity index is 969. The Labute approximate surface area is 176 Å². The van der Waals surface area contributed by atoms with Gasteiger partial charge < -0.3 is 0 Å². The molecule has 1 unspecified atom stereocenters. The van der Waals surface area contributed by atoms with Gasteiger partial charge >= 0.3 is 0 Å². The lowest BCUT2D eigenvalue weighted by Gasteiger charge is -2.35. The zero-order valence-corrected chi connectivity index (χ0v) is 17.7. The number of benzene rings is 2. The Hall–Kier alpha value is -1.18. The van der Waals surface area contributed by atoms with Crippen LogP contribution >= 0.6 is 24.0 Å². The van der Waals surface area contributed by atoms with Gasteiger partial charge in [-0.05, 0) is 60.6 Å². The van der Waals surface area contributed by atoms with Gasteiger partial charge in [0.15, 0.2) is 0 Å². The number of aryl methyl sites for hydroxylation is 1. The maximum absolute atomic E-state index is 13.2. The summed E-state index contributed by atoms with van der Waals surface area (Å²) in [4.78, 5) is 2.46. The van der Waals surface area contributed by atoms with Crippen LogP contribution in [-0.2, 0) is 22.9 Å². The fourth-order valence-electron chi connectivity index (χ4n) is 4.24. The highest BCUT2D eigenvalue weighted by Gasteiger charge is 2.32. The Morgan fingerprint density at radius 3 is 2.68 bits per heavy atom. The summed E-state index contributed by atoms with van der Waals surface area (Å²) in [6, 6.07) is 10.5. The number of hydrogen-bond acceptors (Lipinski definition) is 3. The quantitative estimate of drug-likeness (QED) is 0.681. The van der Waals surface area contributed by atoms with E-state index in [1.807, 2.05) is 0 Å². The van der Waals surface area contributed by atoms with Gasteiger partial charge in [0, 0.05) is 25.7 Å². The predicted molar refractivity (Wildman–Crippen MR) is 111 cm³/mol. The van der Waals surface area contributed by atoms with E-state index in [0.29, 0.717) is 12.6 Å². The first-order valence-corrected chi connectivity index (χ1v) is 11.1. The Kier molecular flexibility index (Phi) is 6.67. The van der Waals surface area contributed by atoms with Crippen molar-refractivity contribution in [3.8, 4) is 0 Å². The van der Waals surface area contributed by atoms with Crippen LogP contribution < -0.4 is 4.72 Å². The van der Waals surface area contributed by atoms with E-state index in [0.717, 1.165) is 50.9 Å². The summed E-state index contributed by atoms with van der Waals surface area (Å²) < 4.78 is 40.5. The number of halogens is 3. The summed E-state index contributed by atoms with van der Waals surface area (Å²) in [5, 5.41) is -0.193. The summed E-state index contributed by atoms with van der Waals surface area (Å²) in [6.07, 6.45) is 4.05. The number of hydrogen-bond donors (Lipinski definition) is 1. The maximum Gasteiger partial charge on any atom is 0.240 e. The molecule has 4 nitrogen and oxygen atoms in total. The SMILES string of the molecule is Cl.O=S(=O)(NCCCN1CCc2cccc3c2C1CC3)c1ccc(F)c(Cl)c1. The lowest BCUT2D eigenvalue weighted by Crippen LogP contribution is -2.36. The highest BCUT2D eigenvalue weighted by Crippen LogP contribution is 2.41. The third-order valence-corrected chi connectivity index (χ3v) is 7.28. The zero-order chi connectivity index (χ0) is 19.0. The Balaban J connectivity index is 0.00000225. The second kappa shape index (κ2) is 8.67. The maximum atomic E-state index is 13.2. The van der Waals surface area contributed by atoms with Gasteiger partial charge in [-0.25, -0.2) is 17.5 Å². The average Bonchev–Trinajstić information content (AvgIpc) is 3.09. The van der Waals surface area contributed by atoms with Crippen LogP contribution in [0.5, 0.6) is 0 Å². The normalized spacial score (nSPS) is 18.6. The van der Waals surface area contributed by atoms with Crippen molar-refractivity contribution in [1.82, 2.24) is 9.62 Å². The second-order valence-electron chi connectivity index (χ2n) is 7.16. The number of nitrogens with one attached hydrogen (secondary N) is 1. The molecule has 2 aromatic rings. The fraction of sp³-hybridized carbons (Fsp3) is 0.400. The predicted octanol–water partition coefficient (Wildman–Crippen LogP) is 4.11. The van der Waals surface area contributed by atoms with Crippen LogP contribution in [0, 0.1) is 5.82 Å². The molecule has 0 bridgehead atoms. The molecule has 1 N–H and O–H groups in total. The first-order chi connectivity index (χ1) is 13.0. The molecule has 0 amide bonds. The number of sulfonamides is 1. The monoisotopic (exact) mass is 444 g/mol. The van der Waals surface area contributed by atoms with E-state index in [1.54, 1.807) is 0 Å². The van der Waals surface area contributed by atoms with E-state index in [1.165, 1.54) is 22.8 Å². The van der Waals surface area contributed by atoms with Crippen molar-refractivity contribution in [1.29, 1.82) is 0 Å². The molecule has 1 aliphatic heterocycles. The van der Waals surface area contributed by atoms with Crippen LogP contribution in [-0.4, -0.2) is 33.0 Å². The molecule has 0 spiro atoms. The minimum absolute atomic E-state index is 0. The second-order valence-corrected chi connectivity index (χ2v) is 9.33. The largest absolute Gasteiger partial charge is 0.296 e. The highest BCUT2D eigenvalue weighted by atomic mass is 35.5. The summed E-state index contributed by atoms with van der Waals surface area (Å²) in [7, 11) is -3.68. The van der Waals surface area contributed by atoms with Crippen molar-refractivity contribution in [2.45, 2.75) is 36.6 Å². The van der Waals surface area contributed by atoms with Gasteiger partial charge in [-0.1, -0.05) is 29.8 Å². The molecule has 2 aliphatic rings. The lowest BCUT2D eigenvalue weighted by atomic mass is 9.93. The number of rotatable bonds is 6. The van der Waals surface area contributed by atoms with Crippen LogP contribution in [0.15, 0.2) is 41.3 Å². The molecule has 4 rings (SSSR count). The Morgan fingerprint density at radius 2 is 1.93 bits per heavy atom. The molecule has 1 aliphatic carbocycles. The minimum Gasteiger partial charge on any atom is -0.296 e. The van der Waals surface area contributed by atoms with Crippen LogP contribution in [0.2, 0.25) is 5.02 Å². The van der Waals surface area contributed by atoms with Gasteiger partial charge in [-0.15, -0.1) is 12.4 Å². The van der Waals surface area contributed by atoms with Gasteiger partial charge in [-0.3, -0.25) is 4.90 Å². The molecule has 0 fully saturated rings. The summed E-state index contributed by atoms with van der Waals surface area (Å²) in [6.45, 7) is 2.21. The van der Waals surface area contributed by atoms with E-state index in [9.17, 15) is 12.8 Å². The van der Waals surface area contributed by atoms with E-state index in [-0.39, 0.29) is 22.3 Å². The van der Waals surface area contributed by atoms with Crippen LogP contribution in [0.3, 0.4) is 0 Å². The molecular weight excluding hydrogens is 422 g/mol. The zero-order valence-electron chi connectivity index (χ0n) is 15.3. The fourth-order valence-corrected chi connectivity index (χ4v) is 5.58. The minimum atomic E-state index is -3.68. The Morgan fingerprint density at radius 1 is 1.18 bits per heavy atom. The van der Waals surface area contributed by atoms with Crippen molar-refractivity contribution in [3.05, 3.63) is 63.9 Å². The van der Waals surface area contributed by atoms with Gasteiger partial charge in [0.05, 0.1) is 9.92 Å². The van der Waals surface area contributed by atoms with Gasteiger partial charge in [0.1, 0.15) is 5.82 Å². The molecule has 0 radical (unpaired) electrons. The van der Waals surface area contributed by atoms with E-state index >= 15 is 0 Å². The van der Waals surface area contributed by atoms with E-state index < -0.39 is 15.8 Å². The van der Waals surface area contributed by atoms with Gasteiger partial charge in [0.2, 0.25) is 10.0 Å². The standard InChI is InChI=1S/C20H22ClFN2O2S.ClH/c21-17-13-16(6-7-18(17)22)27(25,26)23-10-2-11-24-12-9-15-4-1-3-14-5-8-19(24)20(14)15;/h1,3-4,6-7,13,19,23H,2,5,8-12H2;1H. The topological polar surface area (TPSA) is 49.4 Å². The van der Waals surface area contributed by atoms with E-state index in [2.05, 4.69) is 27.8 Å². The highest BCUT2D eigenvalue weighted by molar-refractivity contribution is 7.89. The summed E-state index contributed by atoms with van der Waals surface area (Å²) in [5.74, 6) is -0.628. The molecule has 0 saturated carbocycles. The average molecular weight is 445 g/mol. The number of nitrogens with zero attached hydrogens (tertiary/aromatic N) is 1. The molecule has 0 saturated heterocycles. The molecule has 1 heterocycles. The summed E-state index contributed by atoms with van der Waals surface area (Å²) in [5.41, 5.74) is 4.45. The molecule has 8 heteroatoms. The van der Waals surface area contributed by atoms with Crippen molar-refractivity contribution < 1.29 is 12.8 Å². The van der Waals surface area contributed by atoms with Crippen LogP contribution in [0.25, 0.3) is 0 Å². The smallest absolute Gasteiger partial charge is 0.240 e. The van der Waals surface area contributed by atoms with Crippen molar-refractivity contribution in [2.75, 3.05) is 19.6 Å². The van der Waals surface area contributed by atoms with Crippen molar-refractivity contribution >= 4 is 34.0 Å². The molecule has 1 atom stereocenters. The molecule has 2 aromatic carbocycles.